The molecular formula is C16H19N3S. The summed E-state index contributed by atoms with van der Waals surface area (Å²) in [5.41, 5.74) is 4.76. The van der Waals surface area contributed by atoms with Crippen molar-refractivity contribution in [1.82, 2.24) is 10.3 Å². The molecule has 104 valence electrons. The largest absolute Gasteiger partial charge is 0.356 e. The smallest absolute Gasteiger partial charge is 0.171 e. The molecule has 1 heterocycles. The fourth-order valence-corrected chi connectivity index (χ4v) is 2.21. The summed E-state index contributed by atoms with van der Waals surface area (Å²) in [5, 5.41) is 7.05. The van der Waals surface area contributed by atoms with Gasteiger partial charge in [0.2, 0.25) is 0 Å². The molecule has 4 heteroatoms. The van der Waals surface area contributed by atoms with Gasteiger partial charge in [-0.15, -0.1) is 0 Å². The molecule has 2 rings (SSSR count). The third kappa shape index (κ3) is 3.78. The van der Waals surface area contributed by atoms with Crippen LogP contribution >= 0.6 is 12.2 Å². The van der Waals surface area contributed by atoms with Gasteiger partial charge in [0.1, 0.15) is 0 Å². The molecule has 0 spiro atoms. The normalized spacial score (nSPS) is 11.8. The Morgan fingerprint density at radius 3 is 2.45 bits per heavy atom. The standard InChI is InChI=1S/C16H19N3S/c1-11-4-5-14(10-12(11)2)13(3)18-16(20)19-15-6-8-17-9-7-15/h4-10,13H,1-3H3,(H2,17,18,19,20)/t13-/m1/s1. The van der Waals surface area contributed by atoms with E-state index in [0.29, 0.717) is 5.11 Å². The van der Waals surface area contributed by atoms with Crippen LogP contribution in [0.2, 0.25) is 0 Å². The highest BCUT2D eigenvalue weighted by atomic mass is 32.1. The van der Waals surface area contributed by atoms with Gasteiger partial charge in [-0.05, 0) is 61.8 Å². The number of nitrogens with zero attached hydrogens (tertiary/aromatic N) is 1. The topological polar surface area (TPSA) is 37.0 Å². The molecule has 0 radical (unpaired) electrons. The molecule has 0 aliphatic carbocycles. The predicted octanol–water partition coefficient (Wildman–Crippen LogP) is 3.75. The number of aromatic nitrogens is 1. The van der Waals surface area contributed by atoms with E-state index < -0.39 is 0 Å². The van der Waals surface area contributed by atoms with Crippen LogP contribution in [-0.4, -0.2) is 10.1 Å². The Kier molecular flexibility index (Phi) is 4.69. The van der Waals surface area contributed by atoms with E-state index in [1.807, 2.05) is 12.1 Å². The van der Waals surface area contributed by atoms with Crippen molar-refractivity contribution in [2.45, 2.75) is 26.8 Å². The number of pyridine rings is 1. The molecule has 0 amide bonds. The first-order valence-corrected chi connectivity index (χ1v) is 7.02. The maximum atomic E-state index is 5.33. The van der Waals surface area contributed by atoms with E-state index >= 15 is 0 Å². The first kappa shape index (κ1) is 14.5. The van der Waals surface area contributed by atoms with E-state index in [-0.39, 0.29) is 6.04 Å². The molecule has 2 aromatic rings. The molecule has 0 aliphatic rings. The number of anilines is 1. The van der Waals surface area contributed by atoms with Crippen molar-refractivity contribution < 1.29 is 0 Å². The second-order valence-corrected chi connectivity index (χ2v) is 5.31. The second kappa shape index (κ2) is 6.48. The molecule has 1 aromatic carbocycles. The van der Waals surface area contributed by atoms with E-state index in [2.05, 4.69) is 54.6 Å². The van der Waals surface area contributed by atoms with E-state index in [0.717, 1.165) is 5.69 Å². The van der Waals surface area contributed by atoms with Crippen LogP contribution in [0.3, 0.4) is 0 Å². The first-order chi connectivity index (χ1) is 9.56. The number of hydrogen-bond acceptors (Lipinski definition) is 2. The van der Waals surface area contributed by atoms with Crippen molar-refractivity contribution in [1.29, 1.82) is 0 Å². The zero-order chi connectivity index (χ0) is 14.5. The summed E-state index contributed by atoms with van der Waals surface area (Å²) in [6, 6.07) is 10.4. The Morgan fingerprint density at radius 1 is 1.10 bits per heavy atom. The van der Waals surface area contributed by atoms with Gasteiger partial charge >= 0.3 is 0 Å². The summed E-state index contributed by atoms with van der Waals surface area (Å²) in [7, 11) is 0. The summed E-state index contributed by atoms with van der Waals surface area (Å²) < 4.78 is 0. The summed E-state index contributed by atoms with van der Waals surface area (Å²) in [4.78, 5) is 3.98. The van der Waals surface area contributed by atoms with Gasteiger partial charge in [0, 0.05) is 18.1 Å². The molecular weight excluding hydrogens is 266 g/mol. The fraction of sp³-hybridized carbons (Fsp3) is 0.250. The number of hydrogen-bond donors (Lipinski definition) is 2. The highest BCUT2D eigenvalue weighted by Gasteiger charge is 2.08. The van der Waals surface area contributed by atoms with Gasteiger partial charge < -0.3 is 10.6 Å². The fourth-order valence-electron chi connectivity index (χ4n) is 1.92. The molecule has 20 heavy (non-hydrogen) atoms. The van der Waals surface area contributed by atoms with Crippen molar-refractivity contribution in [2.24, 2.45) is 0 Å². The van der Waals surface area contributed by atoms with Crippen molar-refractivity contribution in [3.8, 4) is 0 Å². The SMILES string of the molecule is Cc1ccc([C@@H](C)NC(=S)Nc2ccncc2)cc1C. The Morgan fingerprint density at radius 2 is 1.80 bits per heavy atom. The lowest BCUT2D eigenvalue weighted by Crippen LogP contribution is -2.30. The highest BCUT2D eigenvalue weighted by Crippen LogP contribution is 2.17. The number of rotatable bonds is 3. The van der Waals surface area contributed by atoms with Gasteiger partial charge in [0.25, 0.3) is 0 Å². The minimum Gasteiger partial charge on any atom is -0.356 e. The van der Waals surface area contributed by atoms with Crippen LogP contribution in [0, 0.1) is 13.8 Å². The van der Waals surface area contributed by atoms with Crippen LogP contribution in [0.4, 0.5) is 5.69 Å². The summed E-state index contributed by atoms with van der Waals surface area (Å²) in [5.74, 6) is 0. The van der Waals surface area contributed by atoms with Crippen molar-refractivity contribution in [3.63, 3.8) is 0 Å². The Labute approximate surface area is 125 Å². The molecule has 0 unspecified atom stereocenters. The molecule has 1 atom stereocenters. The molecule has 3 nitrogen and oxygen atoms in total. The first-order valence-electron chi connectivity index (χ1n) is 6.61. The van der Waals surface area contributed by atoms with Crippen LogP contribution in [0.25, 0.3) is 0 Å². The van der Waals surface area contributed by atoms with Crippen LogP contribution < -0.4 is 10.6 Å². The molecule has 0 aliphatic heterocycles. The number of aryl methyl sites for hydroxylation is 2. The summed E-state index contributed by atoms with van der Waals surface area (Å²) in [6.07, 6.45) is 3.47. The molecule has 0 fully saturated rings. The maximum Gasteiger partial charge on any atom is 0.171 e. The van der Waals surface area contributed by atoms with Gasteiger partial charge in [0.05, 0.1) is 6.04 Å². The highest BCUT2D eigenvalue weighted by molar-refractivity contribution is 7.80. The quantitative estimate of drug-likeness (QED) is 0.842. The monoisotopic (exact) mass is 285 g/mol. The van der Waals surface area contributed by atoms with E-state index in [1.54, 1.807) is 12.4 Å². The summed E-state index contributed by atoms with van der Waals surface area (Å²) in [6.45, 7) is 6.34. The van der Waals surface area contributed by atoms with Crippen molar-refractivity contribution in [3.05, 3.63) is 59.4 Å². The van der Waals surface area contributed by atoms with E-state index in [1.165, 1.54) is 16.7 Å². The number of benzene rings is 1. The van der Waals surface area contributed by atoms with Gasteiger partial charge in [-0.1, -0.05) is 18.2 Å². The average molecular weight is 285 g/mol. The zero-order valence-electron chi connectivity index (χ0n) is 12.0. The second-order valence-electron chi connectivity index (χ2n) is 4.90. The maximum absolute atomic E-state index is 5.33. The van der Waals surface area contributed by atoms with Crippen LogP contribution in [0.15, 0.2) is 42.7 Å². The Balaban J connectivity index is 1.98. The molecule has 2 N–H and O–H groups in total. The van der Waals surface area contributed by atoms with Gasteiger partial charge in [-0.25, -0.2) is 0 Å². The minimum absolute atomic E-state index is 0.163. The van der Waals surface area contributed by atoms with Crippen LogP contribution in [0.5, 0.6) is 0 Å². The molecule has 0 saturated heterocycles. The Bertz CT molecular complexity index is 596. The predicted molar refractivity (Wildman–Crippen MR) is 87.9 cm³/mol. The van der Waals surface area contributed by atoms with Crippen LogP contribution in [-0.2, 0) is 0 Å². The van der Waals surface area contributed by atoms with Crippen LogP contribution in [0.1, 0.15) is 29.7 Å². The number of thiocarbonyl (C=S) groups is 1. The van der Waals surface area contributed by atoms with Gasteiger partial charge in [0.15, 0.2) is 5.11 Å². The third-order valence-electron chi connectivity index (χ3n) is 3.32. The molecule has 0 saturated carbocycles. The minimum atomic E-state index is 0.163. The molecule has 1 aromatic heterocycles. The lowest BCUT2D eigenvalue weighted by atomic mass is 10.0. The zero-order valence-corrected chi connectivity index (χ0v) is 12.8. The van der Waals surface area contributed by atoms with Gasteiger partial charge in [-0.2, -0.15) is 0 Å². The average Bonchev–Trinajstić information content (AvgIpc) is 2.42. The third-order valence-corrected chi connectivity index (χ3v) is 3.54. The van der Waals surface area contributed by atoms with E-state index in [4.69, 9.17) is 12.2 Å². The lowest BCUT2D eigenvalue weighted by molar-refractivity contribution is 0.721. The van der Waals surface area contributed by atoms with Crippen molar-refractivity contribution >= 4 is 23.0 Å². The van der Waals surface area contributed by atoms with Gasteiger partial charge in [-0.3, -0.25) is 4.98 Å². The van der Waals surface area contributed by atoms with E-state index in [9.17, 15) is 0 Å². The molecule has 0 bridgehead atoms. The summed E-state index contributed by atoms with van der Waals surface area (Å²) >= 11 is 5.33. The lowest BCUT2D eigenvalue weighted by Gasteiger charge is -2.18. The number of nitrogens with one attached hydrogen (secondary N) is 2. The Hall–Kier alpha value is -1.94. The van der Waals surface area contributed by atoms with Crippen molar-refractivity contribution in [2.75, 3.05) is 5.32 Å².